The van der Waals surface area contributed by atoms with Crippen molar-refractivity contribution in [2.75, 3.05) is 78.3 Å². The van der Waals surface area contributed by atoms with Gasteiger partial charge < -0.3 is 24.4 Å². The fourth-order valence-corrected chi connectivity index (χ4v) is 6.52. The Kier molecular flexibility index (Phi) is 13.1. The van der Waals surface area contributed by atoms with Crippen molar-refractivity contribution < 1.29 is 28.9 Å². The molecule has 0 amide bonds. The Morgan fingerprint density at radius 2 is 1.40 bits per heavy atom. The van der Waals surface area contributed by atoms with E-state index in [0.29, 0.717) is 32.8 Å². The van der Waals surface area contributed by atoms with Crippen molar-refractivity contribution in [3.05, 3.63) is 23.3 Å². The van der Waals surface area contributed by atoms with Gasteiger partial charge in [-0.15, -0.1) is 0 Å². The first-order chi connectivity index (χ1) is 16.5. The van der Waals surface area contributed by atoms with E-state index in [4.69, 9.17) is 9.05 Å². The lowest BCUT2D eigenvalue weighted by atomic mass is 9.89. The second kappa shape index (κ2) is 15.0. The summed E-state index contributed by atoms with van der Waals surface area (Å²) >= 11 is 0. The maximum atomic E-state index is 13.1. The van der Waals surface area contributed by atoms with Gasteiger partial charge in [-0.1, -0.05) is 19.1 Å². The zero-order valence-corrected chi connectivity index (χ0v) is 23.2. The molecule has 35 heavy (non-hydrogen) atoms. The minimum Gasteiger partial charge on any atom is -0.392 e. The molecular weight excluding hydrogens is 469 g/mol. The predicted molar refractivity (Wildman–Crippen MR) is 140 cm³/mol. The molecule has 1 aliphatic heterocycles. The molecular formula is C25H48N3O6P. The van der Waals surface area contributed by atoms with E-state index in [1.54, 1.807) is 27.7 Å². The van der Waals surface area contributed by atoms with Crippen LogP contribution in [0.25, 0.3) is 0 Å². The number of aliphatic hydroxyl groups is 3. The van der Waals surface area contributed by atoms with Gasteiger partial charge in [0.15, 0.2) is 0 Å². The topological polar surface area (TPSA) is 106 Å². The van der Waals surface area contributed by atoms with E-state index in [9.17, 15) is 19.9 Å². The molecule has 0 saturated carbocycles. The predicted octanol–water partition coefficient (Wildman–Crippen LogP) is 1.80. The summed E-state index contributed by atoms with van der Waals surface area (Å²) in [6.45, 7) is 16.6. The van der Waals surface area contributed by atoms with Gasteiger partial charge in [-0.3, -0.25) is 19.3 Å². The maximum absolute atomic E-state index is 13.1. The first-order valence-electron chi connectivity index (χ1n) is 13.1. The normalized spacial score (nSPS) is 25.8. The number of allylic oxidation sites excluding steroid dienone is 2. The summed E-state index contributed by atoms with van der Waals surface area (Å²) in [5.74, 6) is -0.0993. The quantitative estimate of drug-likeness (QED) is 0.334. The average molecular weight is 518 g/mol. The molecule has 1 aliphatic carbocycles. The van der Waals surface area contributed by atoms with E-state index < -0.39 is 25.9 Å². The second-order valence-corrected chi connectivity index (χ2v) is 12.0. The summed E-state index contributed by atoms with van der Waals surface area (Å²) < 4.78 is 24.1. The minimum absolute atomic E-state index is 0.0993. The highest BCUT2D eigenvalue weighted by atomic mass is 31.2. The van der Waals surface area contributed by atoms with Gasteiger partial charge in [0, 0.05) is 64.8 Å². The zero-order valence-electron chi connectivity index (χ0n) is 22.3. The average Bonchev–Trinajstić information content (AvgIpc) is 2.83. The van der Waals surface area contributed by atoms with E-state index in [2.05, 4.69) is 14.7 Å². The molecule has 4 atom stereocenters. The van der Waals surface area contributed by atoms with Gasteiger partial charge in [0.2, 0.25) is 0 Å². The molecule has 2 aliphatic rings. The van der Waals surface area contributed by atoms with Crippen molar-refractivity contribution in [1.82, 2.24) is 14.7 Å². The Hall–Kier alpha value is -0.610. The second-order valence-electron chi connectivity index (χ2n) is 9.94. The van der Waals surface area contributed by atoms with Crippen LogP contribution in [0.3, 0.4) is 0 Å². The van der Waals surface area contributed by atoms with Gasteiger partial charge in [0.1, 0.15) is 0 Å². The highest BCUT2D eigenvalue weighted by Gasteiger charge is 2.30. The molecule has 0 bridgehead atoms. The largest absolute Gasteiger partial charge is 0.392 e. The summed E-state index contributed by atoms with van der Waals surface area (Å²) in [6.07, 6.45) is 2.70. The zero-order chi connectivity index (χ0) is 26.0. The van der Waals surface area contributed by atoms with Crippen molar-refractivity contribution >= 4 is 7.60 Å². The van der Waals surface area contributed by atoms with Crippen LogP contribution in [0.2, 0.25) is 0 Å². The molecule has 1 saturated heterocycles. The van der Waals surface area contributed by atoms with Crippen LogP contribution in [0.1, 0.15) is 34.6 Å². The van der Waals surface area contributed by atoms with Crippen molar-refractivity contribution in [2.24, 2.45) is 5.92 Å². The van der Waals surface area contributed by atoms with E-state index in [0.717, 1.165) is 50.4 Å². The van der Waals surface area contributed by atoms with Gasteiger partial charge in [0.05, 0.1) is 37.7 Å². The Balaban J connectivity index is 2.17. The molecule has 3 N–H and O–H groups in total. The molecule has 0 aromatic rings. The molecule has 0 aromatic carbocycles. The number of rotatable bonds is 12. The monoisotopic (exact) mass is 517 g/mol. The van der Waals surface area contributed by atoms with Gasteiger partial charge in [-0.25, -0.2) is 0 Å². The molecule has 0 radical (unpaired) electrons. The molecule has 1 heterocycles. The standard InChI is InChI=1S/C25H48N3O6P/c1-6-33-35(32,34-7-2)19-23-14-20(3)25(31)24(15-23)18-28-12-10-26(16-21(4)29)8-9-27(11-13-28)17-22(5)30/h14-15,20-22,25,29-31H,6-13,16-19H2,1-5H3/t20?,21-,22-,25?/m0/s1. The molecule has 1 fully saturated rings. The summed E-state index contributed by atoms with van der Waals surface area (Å²) in [5.41, 5.74) is 1.77. The van der Waals surface area contributed by atoms with Crippen LogP contribution < -0.4 is 0 Å². The molecule has 9 nitrogen and oxygen atoms in total. The molecule has 204 valence electrons. The summed E-state index contributed by atoms with van der Waals surface area (Å²) in [4.78, 5) is 6.85. The van der Waals surface area contributed by atoms with Crippen LogP contribution in [0.4, 0.5) is 0 Å². The number of β-amino-alcohol motifs (C(OH)–C–C–N with tert-alkyl or cyclic N) is 2. The van der Waals surface area contributed by atoms with Crippen molar-refractivity contribution in [2.45, 2.75) is 52.9 Å². The minimum atomic E-state index is -3.23. The van der Waals surface area contributed by atoms with Gasteiger partial charge in [0.25, 0.3) is 0 Å². The van der Waals surface area contributed by atoms with E-state index >= 15 is 0 Å². The van der Waals surface area contributed by atoms with E-state index in [-0.39, 0.29) is 12.1 Å². The Labute approximate surface area is 211 Å². The lowest BCUT2D eigenvalue weighted by Gasteiger charge is -2.32. The first-order valence-corrected chi connectivity index (χ1v) is 14.8. The van der Waals surface area contributed by atoms with Gasteiger partial charge >= 0.3 is 7.60 Å². The number of nitrogens with zero attached hydrogens (tertiary/aromatic N) is 3. The van der Waals surface area contributed by atoms with Crippen molar-refractivity contribution in [1.29, 1.82) is 0 Å². The van der Waals surface area contributed by atoms with Crippen LogP contribution in [-0.2, 0) is 13.6 Å². The fraction of sp³-hybridized carbons (Fsp3) is 0.840. The van der Waals surface area contributed by atoms with Crippen molar-refractivity contribution in [3.8, 4) is 0 Å². The number of hydrogen-bond acceptors (Lipinski definition) is 9. The van der Waals surface area contributed by atoms with Crippen LogP contribution in [0.5, 0.6) is 0 Å². The van der Waals surface area contributed by atoms with Gasteiger partial charge in [-0.2, -0.15) is 0 Å². The van der Waals surface area contributed by atoms with Gasteiger partial charge in [-0.05, 0) is 38.8 Å². The summed E-state index contributed by atoms with van der Waals surface area (Å²) in [7, 11) is -3.23. The highest BCUT2D eigenvalue weighted by Crippen LogP contribution is 2.50. The fourth-order valence-electron chi connectivity index (χ4n) is 4.83. The van der Waals surface area contributed by atoms with E-state index in [1.807, 2.05) is 19.1 Å². The lowest BCUT2D eigenvalue weighted by Crippen LogP contribution is -2.41. The maximum Gasteiger partial charge on any atom is 0.334 e. The molecule has 0 aromatic heterocycles. The van der Waals surface area contributed by atoms with Crippen LogP contribution in [0, 0.1) is 5.92 Å². The first kappa shape index (κ1) is 30.6. The Morgan fingerprint density at radius 1 is 0.943 bits per heavy atom. The van der Waals surface area contributed by atoms with Crippen LogP contribution in [-0.4, -0.2) is 127 Å². The third-order valence-corrected chi connectivity index (χ3v) is 8.46. The third kappa shape index (κ3) is 10.7. The number of hydrogen-bond donors (Lipinski definition) is 3. The highest BCUT2D eigenvalue weighted by molar-refractivity contribution is 7.54. The SMILES string of the molecule is CCOP(=O)(CC1=CC(C)C(O)C(CN2CCN(C[C@H](C)O)CCN(C[C@H](C)O)CC2)=C1)OCC. The summed E-state index contributed by atoms with van der Waals surface area (Å²) in [6, 6.07) is 0. The summed E-state index contributed by atoms with van der Waals surface area (Å²) in [5, 5.41) is 30.8. The lowest BCUT2D eigenvalue weighted by molar-refractivity contribution is 0.102. The van der Waals surface area contributed by atoms with E-state index in [1.165, 1.54) is 0 Å². The number of aliphatic hydroxyl groups excluding tert-OH is 3. The Morgan fingerprint density at radius 3 is 1.83 bits per heavy atom. The third-order valence-electron chi connectivity index (χ3n) is 6.40. The molecule has 0 spiro atoms. The van der Waals surface area contributed by atoms with Crippen LogP contribution in [0.15, 0.2) is 23.3 Å². The van der Waals surface area contributed by atoms with Crippen LogP contribution >= 0.6 is 7.60 Å². The molecule has 10 heteroatoms. The smallest absolute Gasteiger partial charge is 0.334 e. The molecule has 2 unspecified atom stereocenters. The Bertz CT molecular complexity index is 713. The molecule has 2 rings (SSSR count). The van der Waals surface area contributed by atoms with Crippen molar-refractivity contribution in [3.63, 3.8) is 0 Å².